The second kappa shape index (κ2) is 6.83. The van der Waals surface area contributed by atoms with Crippen molar-refractivity contribution in [2.24, 2.45) is 5.92 Å². The van der Waals surface area contributed by atoms with Crippen molar-refractivity contribution in [3.8, 4) is 5.75 Å². The first-order valence-corrected chi connectivity index (χ1v) is 6.53. The highest BCUT2D eigenvalue weighted by Gasteiger charge is 2.19. The fourth-order valence-electron chi connectivity index (χ4n) is 2.14. The van der Waals surface area contributed by atoms with Gasteiger partial charge in [0, 0.05) is 6.20 Å². The molecule has 0 amide bonds. The normalized spacial score (nSPS) is 11.9. The molecule has 0 saturated carbocycles. The molecule has 0 spiro atoms. The van der Waals surface area contributed by atoms with Crippen LogP contribution in [0.4, 0.5) is 4.39 Å². The highest BCUT2D eigenvalue weighted by atomic mass is 19.1. The van der Waals surface area contributed by atoms with Crippen LogP contribution in [0.5, 0.6) is 5.75 Å². The van der Waals surface area contributed by atoms with Gasteiger partial charge in [0.25, 0.3) is 0 Å². The Balaban J connectivity index is 2.10. The van der Waals surface area contributed by atoms with E-state index in [0.29, 0.717) is 12.0 Å². The predicted octanol–water partition coefficient (Wildman–Crippen LogP) is 2.72. The topological polar surface area (TPSA) is 59.4 Å². The molecule has 0 aliphatic carbocycles. The van der Waals surface area contributed by atoms with Gasteiger partial charge in [-0.2, -0.15) is 0 Å². The van der Waals surface area contributed by atoms with Crippen LogP contribution in [0.25, 0.3) is 0 Å². The van der Waals surface area contributed by atoms with Crippen LogP contribution in [0, 0.1) is 11.7 Å². The number of pyridine rings is 1. The molecule has 110 valence electrons. The van der Waals surface area contributed by atoms with E-state index in [-0.39, 0.29) is 6.42 Å². The number of benzene rings is 1. The smallest absolute Gasteiger partial charge is 0.307 e. The van der Waals surface area contributed by atoms with E-state index in [1.54, 1.807) is 19.2 Å². The number of rotatable bonds is 6. The Morgan fingerprint density at radius 2 is 1.90 bits per heavy atom. The number of halogens is 1. The van der Waals surface area contributed by atoms with E-state index in [2.05, 4.69) is 4.98 Å². The number of carboxylic acids is 1. The van der Waals surface area contributed by atoms with E-state index in [4.69, 9.17) is 4.74 Å². The van der Waals surface area contributed by atoms with E-state index in [0.717, 1.165) is 17.5 Å². The Morgan fingerprint density at radius 3 is 2.48 bits per heavy atom. The van der Waals surface area contributed by atoms with Crippen LogP contribution in [0.15, 0.2) is 42.7 Å². The molecule has 0 fully saturated rings. The Morgan fingerprint density at radius 1 is 1.24 bits per heavy atom. The summed E-state index contributed by atoms with van der Waals surface area (Å²) in [7, 11) is 1.58. The lowest BCUT2D eigenvalue weighted by molar-refractivity contribution is -0.141. The minimum Gasteiger partial charge on any atom is -0.497 e. The van der Waals surface area contributed by atoms with Crippen LogP contribution in [0.3, 0.4) is 0 Å². The van der Waals surface area contributed by atoms with Gasteiger partial charge in [-0.25, -0.2) is 4.39 Å². The van der Waals surface area contributed by atoms with E-state index in [9.17, 15) is 14.3 Å². The number of hydrogen-bond donors (Lipinski definition) is 1. The van der Waals surface area contributed by atoms with Crippen LogP contribution in [-0.4, -0.2) is 23.2 Å². The molecular weight excluding hydrogens is 273 g/mol. The van der Waals surface area contributed by atoms with E-state index >= 15 is 0 Å². The molecule has 1 heterocycles. The third-order valence-electron chi connectivity index (χ3n) is 3.23. The molecule has 4 nitrogen and oxygen atoms in total. The number of carbonyl (C=O) groups is 1. The van der Waals surface area contributed by atoms with Crippen molar-refractivity contribution in [2.45, 2.75) is 12.8 Å². The Hall–Kier alpha value is -2.43. The maximum absolute atomic E-state index is 13.1. The van der Waals surface area contributed by atoms with Crippen molar-refractivity contribution in [1.82, 2.24) is 4.98 Å². The number of aromatic nitrogens is 1. The highest BCUT2D eigenvalue weighted by molar-refractivity contribution is 5.70. The average Bonchev–Trinajstić information content (AvgIpc) is 2.47. The van der Waals surface area contributed by atoms with Gasteiger partial charge < -0.3 is 9.84 Å². The zero-order chi connectivity index (χ0) is 15.2. The van der Waals surface area contributed by atoms with Gasteiger partial charge in [-0.1, -0.05) is 12.1 Å². The average molecular weight is 289 g/mol. The first-order chi connectivity index (χ1) is 10.1. The quantitative estimate of drug-likeness (QED) is 0.888. The molecular formula is C16H16FNO3. The van der Waals surface area contributed by atoms with E-state index < -0.39 is 17.7 Å². The fraction of sp³-hybridized carbons (Fsp3) is 0.250. The molecule has 1 aromatic carbocycles. The maximum Gasteiger partial charge on any atom is 0.307 e. The van der Waals surface area contributed by atoms with Crippen LogP contribution in [0.1, 0.15) is 11.1 Å². The summed E-state index contributed by atoms with van der Waals surface area (Å²) in [5.41, 5.74) is 1.48. The molecule has 2 rings (SSSR count). The third kappa shape index (κ3) is 4.27. The van der Waals surface area contributed by atoms with E-state index in [1.165, 1.54) is 12.3 Å². The lowest BCUT2D eigenvalue weighted by Crippen LogP contribution is -2.19. The van der Waals surface area contributed by atoms with Gasteiger partial charge in [0.2, 0.25) is 0 Å². The maximum atomic E-state index is 13.1. The van der Waals surface area contributed by atoms with Crippen molar-refractivity contribution < 1.29 is 19.0 Å². The molecule has 0 saturated heterocycles. The summed E-state index contributed by atoms with van der Waals surface area (Å²) in [5, 5.41) is 9.33. The second-order valence-corrected chi connectivity index (χ2v) is 4.80. The zero-order valence-electron chi connectivity index (χ0n) is 11.6. The lowest BCUT2D eigenvalue weighted by Gasteiger charge is -2.12. The fourth-order valence-corrected chi connectivity index (χ4v) is 2.14. The van der Waals surface area contributed by atoms with Crippen LogP contribution in [-0.2, 0) is 17.6 Å². The Labute approximate surface area is 122 Å². The molecule has 1 N–H and O–H groups in total. The Kier molecular flexibility index (Phi) is 4.87. The van der Waals surface area contributed by atoms with Crippen molar-refractivity contribution in [2.75, 3.05) is 7.11 Å². The van der Waals surface area contributed by atoms with Gasteiger partial charge >= 0.3 is 5.97 Å². The standard InChI is InChI=1S/C16H16FNO3/c1-21-15-4-2-11(3-5-15)6-13(16(19)20)7-12-8-14(17)10-18-9-12/h2-5,8-10,13H,6-7H2,1H3,(H,19,20). The molecule has 5 heteroatoms. The number of methoxy groups -OCH3 is 1. The first-order valence-electron chi connectivity index (χ1n) is 6.53. The summed E-state index contributed by atoms with van der Waals surface area (Å²) in [6, 6.07) is 8.56. The van der Waals surface area contributed by atoms with Crippen molar-refractivity contribution in [1.29, 1.82) is 0 Å². The lowest BCUT2D eigenvalue weighted by atomic mass is 9.93. The molecule has 0 aliphatic rings. The summed E-state index contributed by atoms with van der Waals surface area (Å²) in [6.45, 7) is 0. The summed E-state index contributed by atoms with van der Waals surface area (Å²) >= 11 is 0. The van der Waals surface area contributed by atoms with Gasteiger partial charge in [-0.3, -0.25) is 9.78 Å². The van der Waals surface area contributed by atoms with Gasteiger partial charge in [-0.15, -0.1) is 0 Å². The van der Waals surface area contributed by atoms with Gasteiger partial charge in [-0.05, 0) is 42.2 Å². The molecule has 0 aliphatic heterocycles. The summed E-state index contributed by atoms with van der Waals surface area (Å²) in [5.74, 6) is -1.27. The van der Waals surface area contributed by atoms with Crippen molar-refractivity contribution in [3.05, 3.63) is 59.7 Å². The Bertz CT molecular complexity index is 613. The number of aliphatic carboxylic acids is 1. The molecule has 0 radical (unpaired) electrons. The SMILES string of the molecule is COc1ccc(CC(Cc2cncc(F)c2)C(=O)O)cc1. The van der Waals surface area contributed by atoms with Crippen molar-refractivity contribution >= 4 is 5.97 Å². The molecule has 1 atom stereocenters. The first kappa shape index (κ1) is 15.0. The number of nitrogens with zero attached hydrogens (tertiary/aromatic N) is 1. The second-order valence-electron chi connectivity index (χ2n) is 4.80. The van der Waals surface area contributed by atoms with Gasteiger partial charge in [0.15, 0.2) is 0 Å². The van der Waals surface area contributed by atoms with Crippen molar-refractivity contribution in [3.63, 3.8) is 0 Å². The highest BCUT2D eigenvalue weighted by Crippen LogP contribution is 2.18. The largest absolute Gasteiger partial charge is 0.497 e. The van der Waals surface area contributed by atoms with Gasteiger partial charge in [0.1, 0.15) is 11.6 Å². The van der Waals surface area contributed by atoms with E-state index in [1.807, 2.05) is 12.1 Å². The number of carboxylic acid groups (broad SMARTS) is 1. The summed E-state index contributed by atoms with van der Waals surface area (Å²) in [4.78, 5) is 15.1. The predicted molar refractivity (Wildman–Crippen MR) is 75.7 cm³/mol. The van der Waals surface area contributed by atoms with Crippen LogP contribution < -0.4 is 4.74 Å². The minimum absolute atomic E-state index is 0.242. The summed E-state index contributed by atoms with van der Waals surface area (Å²) < 4.78 is 18.2. The molecule has 1 unspecified atom stereocenters. The van der Waals surface area contributed by atoms with Crippen LogP contribution >= 0.6 is 0 Å². The zero-order valence-corrected chi connectivity index (χ0v) is 11.6. The minimum atomic E-state index is -0.907. The molecule has 21 heavy (non-hydrogen) atoms. The van der Waals surface area contributed by atoms with Crippen LogP contribution in [0.2, 0.25) is 0 Å². The monoisotopic (exact) mass is 289 g/mol. The number of hydrogen-bond acceptors (Lipinski definition) is 3. The summed E-state index contributed by atoms with van der Waals surface area (Å²) in [6.07, 6.45) is 3.21. The van der Waals surface area contributed by atoms with Gasteiger partial charge in [0.05, 0.1) is 19.2 Å². The third-order valence-corrected chi connectivity index (χ3v) is 3.23. The number of ether oxygens (including phenoxy) is 1. The molecule has 0 bridgehead atoms. The molecule has 1 aromatic heterocycles. The molecule has 2 aromatic rings.